The molecule has 0 aliphatic carbocycles. The van der Waals surface area contributed by atoms with Gasteiger partial charge in [0.1, 0.15) is 11.6 Å². The molecule has 1 aromatic heterocycles. The molecule has 2 atom stereocenters. The molecular weight excluding hydrogens is 337 g/mol. The second-order valence-corrected chi connectivity index (χ2v) is 6.49. The summed E-state index contributed by atoms with van der Waals surface area (Å²) in [6, 6.07) is 7.08. The van der Waals surface area contributed by atoms with Crippen molar-refractivity contribution in [2.75, 3.05) is 18.1 Å². The van der Waals surface area contributed by atoms with Gasteiger partial charge in [-0.1, -0.05) is 6.07 Å². The molecule has 0 amide bonds. The molecule has 1 aliphatic heterocycles. The molecule has 1 saturated heterocycles. The van der Waals surface area contributed by atoms with E-state index in [9.17, 15) is 13.2 Å². The second kappa shape index (κ2) is 7.44. The molecule has 24 heavy (non-hydrogen) atoms. The summed E-state index contributed by atoms with van der Waals surface area (Å²) < 4.78 is 45.3. The zero-order chi connectivity index (χ0) is 17.1. The average Bonchev–Trinajstić information content (AvgIpc) is 2.94. The van der Waals surface area contributed by atoms with E-state index in [0.29, 0.717) is 12.7 Å². The third kappa shape index (κ3) is 3.84. The minimum Gasteiger partial charge on any atom is -0.375 e. The number of hydrogen-bond donors (Lipinski definition) is 1. The maximum Gasteiger partial charge on any atom is 0.161 e. The van der Waals surface area contributed by atoms with E-state index in [1.807, 2.05) is 18.2 Å². The largest absolute Gasteiger partial charge is 0.375 e. The third-order valence-corrected chi connectivity index (χ3v) is 4.37. The number of halogens is 3. The van der Waals surface area contributed by atoms with Gasteiger partial charge in [-0.05, 0) is 24.6 Å². The van der Waals surface area contributed by atoms with Crippen LogP contribution in [-0.4, -0.2) is 29.4 Å². The van der Waals surface area contributed by atoms with Gasteiger partial charge in [0.15, 0.2) is 11.6 Å². The predicted molar refractivity (Wildman–Crippen MR) is 88.7 cm³/mol. The molecule has 7 heteroatoms. The summed E-state index contributed by atoms with van der Waals surface area (Å²) in [5.41, 5.74) is -0.00120. The van der Waals surface area contributed by atoms with Crippen LogP contribution in [0.25, 0.3) is 0 Å². The Hall–Kier alpha value is -1.73. The molecule has 1 aliphatic rings. The Bertz CT molecular complexity index is 702. The number of rotatable bonds is 5. The molecular formula is C17H17F3N2OS. The fraction of sp³-hybridized carbons (Fsp3) is 0.353. The lowest BCUT2D eigenvalue weighted by molar-refractivity contribution is 0.106. The highest BCUT2D eigenvalue weighted by atomic mass is 32.1. The van der Waals surface area contributed by atoms with Gasteiger partial charge in [0.2, 0.25) is 0 Å². The van der Waals surface area contributed by atoms with Crippen molar-refractivity contribution in [2.45, 2.75) is 24.3 Å². The van der Waals surface area contributed by atoms with Crippen molar-refractivity contribution < 1.29 is 17.9 Å². The molecule has 0 N–H and O–H groups in total. The Morgan fingerprint density at radius 3 is 2.71 bits per heavy atom. The quantitative estimate of drug-likeness (QED) is 0.656. The van der Waals surface area contributed by atoms with Gasteiger partial charge in [-0.2, -0.15) is 12.6 Å². The van der Waals surface area contributed by atoms with Crippen LogP contribution in [0.1, 0.15) is 12.0 Å². The normalized spacial score (nSPS) is 20.6. The molecule has 1 aromatic carbocycles. The van der Waals surface area contributed by atoms with Crippen LogP contribution in [0.2, 0.25) is 0 Å². The molecule has 0 radical (unpaired) electrons. The number of hydrogen-bond acceptors (Lipinski definition) is 4. The van der Waals surface area contributed by atoms with E-state index in [0.717, 1.165) is 24.8 Å². The molecule has 2 unspecified atom stereocenters. The first-order valence-electron chi connectivity index (χ1n) is 7.61. The van der Waals surface area contributed by atoms with Gasteiger partial charge in [-0.25, -0.2) is 18.2 Å². The SMILES string of the molecule is Fc1cc(F)c(COCC2CC(S)CN2c2ccccn2)cc1F. The average molecular weight is 354 g/mol. The zero-order valence-electron chi connectivity index (χ0n) is 12.8. The summed E-state index contributed by atoms with van der Waals surface area (Å²) in [5.74, 6) is -2.26. The minimum absolute atomic E-state index is 0.00120. The molecule has 3 rings (SSSR count). The fourth-order valence-electron chi connectivity index (χ4n) is 2.83. The number of ether oxygens (including phenoxy) is 1. The number of benzene rings is 1. The first-order chi connectivity index (χ1) is 11.5. The third-order valence-electron chi connectivity index (χ3n) is 3.99. The number of pyridine rings is 1. The fourth-order valence-corrected chi connectivity index (χ4v) is 3.25. The Balaban J connectivity index is 1.62. The van der Waals surface area contributed by atoms with Crippen molar-refractivity contribution in [3.8, 4) is 0 Å². The van der Waals surface area contributed by atoms with Crippen LogP contribution in [0, 0.1) is 17.5 Å². The summed E-state index contributed by atoms with van der Waals surface area (Å²) in [6.45, 7) is 0.951. The van der Waals surface area contributed by atoms with E-state index in [4.69, 9.17) is 4.74 Å². The second-order valence-electron chi connectivity index (χ2n) is 5.76. The lowest BCUT2D eigenvalue weighted by Crippen LogP contribution is -2.33. The topological polar surface area (TPSA) is 25.4 Å². The Kier molecular flexibility index (Phi) is 5.30. The van der Waals surface area contributed by atoms with Crippen LogP contribution in [0.15, 0.2) is 36.5 Å². The summed E-state index contributed by atoms with van der Waals surface area (Å²) in [7, 11) is 0. The van der Waals surface area contributed by atoms with Gasteiger partial charge in [-0.15, -0.1) is 0 Å². The van der Waals surface area contributed by atoms with Crippen LogP contribution in [0.5, 0.6) is 0 Å². The number of aromatic nitrogens is 1. The van der Waals surface area contributed by atoms with Crippen LogP contribution >= 0.6 is 12.6 Å². The standard InChI is InChI=1S/C17H17F3N2OS/c18-14-7-16(20)15(19)5-11(14)9-23-10-12-6-13(24)8-22(12)17-3-1-2-4-21-17/h1-5,7,12-13,24H,6,8-10H2. The molecule has 2 heterocycles. The van der Waals surface area contributed by atoms with Gasteiger partial charge in [-0.3, -0.25) is 0 Å². The predicted octanol–water partition coefficient (Wildman–Crippen LogP) is 3.59. The van der Waals surface area contributed by atoms with Crippen molar-refractivity contribution in [2.24, 2.45) is 0 Å². The van der Waals surface area contributed by atoms with Crippen molar-refractivity contribution in [1.82, 2.24) is 4.98 Å². The van der Waals surface area contributed by atoms with Gasteiger partial charge in [0, 0.05) is 29.6 Å². The summed E-state index contributed by atoms with van der Waals surface area (Å²) in [6.07, 6.45) is 2.52. The molecule has 0 bridgehead atoms. The monoisotopic (exact) mass is 354 g/mol. The minimum atomic E-state index is -1.20. The van der Waals surface area contributed by atoms with Crippen molar-refractivity contribution in [1.29, 1.82) is 0 Å². The maximum atomic E-state index is 13.6. The van der Waals surface area contributed by atoms with Gasteiger partial charge < -0.3 is 9.64 Å². The van der Waals surface area contributed by atoms with Crippen LogP contribution in [-0.2, 0) is 11.3 Å². The first kappa shape index (κ1) is 17.1. The van der Waals surface area contributed by atoms with E-state index in [1.165, 1.54) is 0 Å². The van der Waals surface area contributed by atoms with Crippen LogP contribution < -0.4 is 4.90 Å². The number of nitrogens with zero attached hydrogens (tertiary/aromatic N) is 2. The van der Waals surface area contributed by atoms with E-state index in [-0.39, 0.29) is 23.5 Å². The van der Waals surface area contributed by atoms with Gasteiger partial charge in [0.25, 0.3) is 0 Å². The van der Waals surface area contributed by atoms with Crippen LogP contribution in [0.4, 0.5) is 19.0 Å². The summed E-state index contributed by atoms with van der Waals surface area (Å²) in [4.78, 5) is 6.43. The smallest absolute Gasteiger partial charge is 0.161 e. The molecule has 2 aromatic rings. The van der Waals surface area contributed by atoms with E-state index in [1.54, 1.807) is 6.20 Å². The molecule has 3 nitrogen and oxygen atoms in total. The Labute approximate surface area is 143 Å². The van der Waals surface area contributed by atoms with E-state index in [2.05, 4.69) is 22.5 Å². The van der Waals surface area contributed by atoms with Crippen molar-refractivity contribution in [3.05, 3.63) is 59.5 Å². The van der Waals surface area contributed by atoms with Gasteiger partial charge in [0.05, 0.1) is 19.3 Å². The Morgan fingerprint density at radius 1 is 1.17 bits per heavy atom. The van der Waals surface area contributed by atoms with Crippen molar-refractivity contribution >= 4 is 18.4 Å². The van der Waals surface area contributed by atoms with Crippen LogP contribution in [0.3, 0.4) is 0 Å². The summed E-state index contributed by atoms with van der Waals surface area (Å²) in [5, 5.41) is 0.195. The number of thiol groups is 1. The van der Waals surface area contributed by atoms with Crippen molar-refractivity contribution in [3.63, 3.8) is 0 Å². The molecule has 128 valence electrons. The van der Waals surface area contributed by atoms with Gasteiger partial charge >= 0.3 is 0 Å². The lowest BCUT2D eigenvalue weighted by Gasteiger charge is -2.25. The molecule has 0 spiro atoms. The highest BCUT2D eigenvalue weighted by Gasteiger charge is 2.31. The first-order valence-corrected chi connectivity index (χ1v) is 8.13. The highest BCUT2D eigenvalue weighted by molar-refractivity contribution is 7.81. The highest BCUT2D eigenvalue weighted by Crippen LogP contribution is 2.27. The Morgan fingerprint density at radius 2 is 1.96 bits per heavy atom. The lowest BCUT2D eigenvalue weighted by atomic mass is 10.2. The molecule has 1 fully saturated rings. The maximum absolute atomic E-state index is 13.6. The zero-order valence-corrected chi connectivity index (χ0v) is 13.7. The van der Waals surface area contributed by atoms with E-state index >= 15 is 0 Å². The number of anilines is 1. The summed E-state index contributed by atoms with van der Waals surface area (Å²) >= 11 is 4.52. The van der Waals surface area contributed by atoms with E-state index < -0.39 is 17.5 Å². The molecule has 0 saturated carbocycles.